The van der Waals surface area contributed by atoms with E-state index >= 15 is 0 Å². The SMILES string of the molecule is CCCCOCCn1cncc1CNC. The van der Waals surface area contributed by atoms with Crippen molar-refractivity contribution in [1.82, 2.24) is 14.9 Å². The number of nitrogens with one attached hydrogen (secondary N) is 1. The van der Waals surface area contributed by atoms with Crippen LogP contribution in [0.5, 0.6) is 0 Å². The fourth-order valence-corrected chi connectivity index (χ4v) is 1.39. The number of imidazole rings is 1. The van der Waals surface area contributed by atoms with Crippen LogP contribution in [0.2, 0.25) is 0 Å². The molecule has 86 valence electrons. The standard InChI is InChI=1S/C11H21N3O/c1-3-4-6-15-7-5-14-10-13-9-11(14)8-12-2/h9-10,12H,3-8H2,1-2H3. The first-order chi connectivity index (χ1) is 7.38. The molecule has 0 amide bonds. The molecule has 0 saturated heterocycles. The number of hydrogen-bond acceptors (Lipinski definition) is 3. The van der Waals surface area contributed by atoms with Gasteiger partial charge in [0.05, 0.1) is 18.6 Å². The van der Waals surface area contributed by atoms with E-state index in [0.717, 1.165) is 32.7 Å². The lowest BCUT2D eigenvalue weighted by atomic mass is 10.4. The molecule has 0 aliphatic carbocycles. The fraction of sp³-hybridized carbons (Fsp3) is 0.727. The Labute approximate surface area is 91.7 Å². The minimum absolute atomic E-state index is 0.771. The van der Waals surface area contributed by atoms with Gasteiger partial charge in [-0.05, 0) is 13.5 Å². The largest absolute Gasteiger partial charge is 0.380 e. The summed E-state index contributed by atoms with van der Waals surface area (Å²) in [6.45, 7) is 5.56. The second kappa shape index (κ2) is 7.43. The van der Waals surface area contributed by atoms with Crippen LogP contribution in [0.1, 0.15) is 25.5 Å². The predicted octanol–water partition coefficient (Wildman–Crippen LogP) is 1.42. The van der Waals surface area contributed by atoms with E-state index in [1.807, 2.05) is 19.6 Å². The Hall–Kier alpha value is -0.870. The van der Waals surface area contributed by atoms with Crippen LogP contribution in [-0.4, -0.2) is 29.8 Å². The van der Waals surface area contributed by atoms with Gasteiger partial charge in [0, 0.05) is 25.9 Å². The molecule has 15 heavy (non-hydrogen) atoms. The molecule has 0 unspecified atom stereocenters. The first-order valence-electron chi connectivity index (χ1n) is 5.59. The minimum Gasteiger partial charge on any atom is -0.380 e. The molecule has 1 rings (SSSR count). The van der Waals surface area contributed by atoms with Gasteiger partial charge in [-0.2, -0.15) is 0 Å². The average Bonchev–Trinajstić information content (AvgIpc) is 2.66. The third-order valence-electron chi connectivity index (χ3n) is 2.28. The number of rotatable bonds is 8. The molecule has 0 aliphatic heterocycles. The van der Waals surface area contributed by atoms with Crippen molar-refractivity contribution in [2.45, 2.75) is 32.9 Å². The second-order valence-corrected chi connectivity index (χ2v) is 3.57. The number of nitrogens with zero attached hydrogens (tertiary/aromatic N) is 2. The Kier molecular flexibility index (Phi) is 6.04. The van der Waals surface area contributed by atoms with E-state index in [1.54, 1.807) is 0 Å². The molecule has 0 aliphatic rings. The van der Waals surface area contributed by atoms with Crippen LogP contribution >= 0.6 is 0 Å². The average molecular weight is 211 g/mol. The lowest BCUT2D eigenvalue weighted by Gasteiger charge is -2.08. The molecule has 0 aromatic carbocycles. The van der Waals surface area contributed by atoms with E-state index < -0.39 is 0 Å². The summed E-state index contributed by atoms with van der Waals surface area (Å²) in [6.07, 6.45) is 6.09. The van der Waals surface area contributed by atoms with Crippen LogP contribution in [0.3, 0.4) is 0 Å². The summed E-state index contributed by atoms with van der Waals surface area (Å²) in [5.41, 5.74) is 1.21. The topological polar surface area (TPSA) is 39.1 Å². The van der Waals surface area contributed by atoms with Gasteiger partial charge in [0.25, 0.3) is 0 Å². The minimum atomic E-state index is 0.771. The highest BCUT2D eigenvalue weighted by molar-refractivity contribution is 4.97. The maximum atomic E-state index is 5.51. The maximum Gasteiger partial charge on any atom is 0.0949 e. The third-order valence-corrected chi connectivity index (χ3v) is 2.28. The third kappa shape index (κ3) is 4.44. The Morgan fingerprint density at radius 3 is 3.07 bits per heavy atom. The first kappa shape index (κ1) is 12.2. The molecular formula is C11H21N3O. The van der Waals surface area contributed by atoms with Crippen LogP contribution in [0.4, 0.5) is 0 Å². The molecule has 0 bridgehead atoms. The lowest BCUT2D eigenvalue weighted by molar-refractivity contribution is 0.123. The zero-order valence-corrected chi connectivity index (χ0v) is 9.70. The normalized spacial score (nSPS) is 10.8. The first-order valence-corrected chi connectivity index (χ1v) is 5.59. The van der Waals surface area contributed by atoms with Gasteiger partial charge in [0.15, 0.2) is 0 Å². The molecule has 4 nitrogen and oxygen atoms in total. The molecule has 0 radical (unpaired) electrons. The number of hydrogen-bond donors (Lipinski definition) is 1. The highest BCUT2D eigenvalue weighted by Crippen LogP contribution is 1.99. The van der Waals surface area contributed by atoms with E-state index in [-0.39, 0.29) is 0 Å². The van der Waals surface area contributed by atoms with Crippen molar-refractivity contribution in [3.63, 3.8) is 0 Å². The molecule has 1 aromatic heterocycles. The van der Waals surface area contributed by atoms with Crippen LogP contribution in [0.25, 0.3) is 0 Å². The summed E-state index contributed by atoms with van der Waals surface area (Å²) in [7, 11) is 1.94. The van der Waals surface area contributed by atoms with Crippen molar-refractivity contribution in [2.24, 2.45) is 0 Å². The lowest BCUT2D eigenvalue weighted by Crippen LogP contribution is -2.13. The summed E-state index contributed by atoms with van der Waals surface area (Å²) in [6, 6.07) is 0. The zero-order chi connectivity index (χ0) is 10.9. The molecular weight excluding hydrogens is 190 g/mol. The van der Waals surface area contributed by atoms with Crippen molar-refractivity contribution in [2.75, 3.05) is 20.3 Å². The van der Waals surface area contributed by atoms with Crippen molar-refractivity contribution in [1.29, 1.82) is 0 Å². The monoisotopic (exact) mass is 211 g/mol. The van der Waals surface area contributed by atoms with Gasteiger partial charge >= 0.3 is 0 Å². The summed E-state index contributed by atoms with van der Waals surface area (Å²) in [5, 5.41) is 3.12. The van der Waals surface area contributed by atoms with Crippen molar-refractivity contribution < 1.29 is 4.74 Å². The van der Waals surface area contributed by atoms with Gasteiger partial charge < -0.3 is 14.6 Å². The van der Waals surface area contributed by atoms with Gasteiger partial charge in [0.1, 0.15) is 0 Å². The summed E-state index contributed by atoms with van der Waals surface area (Å²) in [5.74, 6) is 0. The molecule has 0 spiro atoms. The van der Waals surface area contributed by atoms with Crippen LogP contribution < -0.4 is 5.32 Å². The highest BCUT2D eigenvalue weighted by Gasteiger charge is 1.99. The summed E-state index contributed by atoms with van der Waals surface area (Å²) >= 11 is 0. The van der Waals surface area contributed by atoms with E-state index in [0.29, 0.717) is 0 Å². The molecule has 1 heterocycles. The number of unbranched alkanes of at least 4 members (excludes halogenated alkanes) is 1. The van der Waals surface area contributed by atoms with Gasteiger partial charge in [-0.1, -0.05) is 13.3 Å². The Morgan fingerprint density at radius 1 is 1.47 bits per heavy atom. The van der Waals surface area contributed by atoms with E-state index in [1.165, 1.54) is 12.1 Å². The quantitative estimate of drug-likeness (QED) is 0.661. The molecule has 0 atom stereocenters. The van der Waals surface area contributed by atoms with Gasteiger partial charge in [-0.25, -0.2) is 4.98 Å². The number of ether oxygens (including phenoxy) is 1. The maximum absolute atomic E-state index is 5.51. The fourth-order valence-electron chi connectivity index (χ4n) is 1.39. The second-order valence-electron chi connectivity index (χ2n) is 3.57. The molecule has 1 aromatic rings. The summed E-state index contributed by atoms with van der Waals surface area (Å²) < 4.78 is 7.64. The molecule has 0 saturated carbocycles. The van der Waals surface area contributed by atoms with E-state index in [4.69, 9.17) is 4.74 Å². The van der Waals surface area contributed by atoms with Gasteiger partial charge in [-0.15, -0.1) is 0 Å². The Morgan fingerprint density at radius 2 is 2.33 bits per heavy atom. The van der Waals surface area contributed by atoms with E-state index in [9.17, 15) is 0 Å². The van der Waals surface area contributed by atoms with Crippen molar-refractivity contribution in [3.05, 3.63) is 18.2 Å². The molecule has 0 fully saturated rings. The van der Waals surface area contributed by atoms with E-state index in [2.05, 4.69) is 21.8 Å². The van der Waals surface area contributed by atoms with Gasteiger partial charge in [-0.3, -0.25) is 0 Å². The Bertz CT molecular complexity index is 260. The Balaban J connectivity index is 2.21. The number of aromatic nitrogens is 2. The highest BCUT2D eigenvalue weighted by atomic mass is 16.5. The smallest absolute Gasteiger partial charge is 0.0949 e. The molecule has 4 heteroatoms. The van der Waals surface area contributed by atoms with Crippen molar-refractivity contribution in [3.8, 4) is 0 Å². The predicted molar refractivity (Wildman–Crippen MR) is 60.7 cm³/mol. The zero-order valence-electron chi connectivity index (χ0n) is 9.70. The molecule has 1 N–H and O–H groups in total. The van der Waals surface area contributed by atoms with Crippen LogP contribution in [-0.2, 0) is 17.8 Å². The van der Waals surface area contributed by atoms with Crippen LogP contribution in [0, 0.1) is 0 Å². The summed E-state index contributed by atoms with van der Waals surface area (Å²) in [4.78, 5) is 4.12. The van der Waals surface area contributed by atoms with Crippen molar-refractivity contribution >= 4 is 0 Å². The van der Waals surface area contributed by atoms with Crippen LogP contribution in [0.15, 0.2) is 12.5 Å². The van der Waals surface area contributed by atoms with Gasteiger partial charge in [0.2, 0.25) is 0 Å².